The molecule has 1 N–H and O–H groups in total. The van der Waals surface area contributed by atoms with Crippen molar-refractivity contribution in [3.05, 3.63) is 64.7 Å². The average Bonchev–Trinajstić information content (AvgIpc) is 2.56. The average molecular weight is 367 g/mol. The number of benzene rings is 2. The molecule has 0 aliphatic rings. The van der Waals surface area contributed by atoms with Crippen molar-refractivity contribution in [3.8, 4) is 0 Å². The normalized spacial score (nSPS) is 10.4. The van der Waals surface area contributed by atoms with Gasteiger partial charge in [0.2, 0.25) is 11.8 Å². The Morgan fingerprint density at radius 1 is 1.12 bits per heavy atom. The lowest BCUT2D eigenvalue weighted by atomic mass is 10.2. The summed E-state index contributed by atoms with van der Waals surface area (Å²) >= 11 is 5.66. The molecule has 132 valence electrons. The Morgan fingerprint density at radius 3 is 2.48 bits per heavy atom. The van der Waals surface area contributed by atoms with E-state index >= 15 is 0 Å². The number of carbonyl (C=O) groups is 2. The second-order valence-corrected chi connectivity index (χ2v) is 5.87. The number of hydrogen-bond acceptors (Lipinski definition) is 2. The summed E-state index contributed by atoms with van der Waals surface area (Å²) in [6.07, 6.45) is 0.0169. The number of anilines is 1. The van der Waals surface area contributed by atoms with Gasteiger partial charge in [-0.3, -0.25) is 9.59 Å². The second-order valence-electron chi connectivity index (χ2n) is 5.46. The molecule has 0 bridgehead atoms. The van der Waals surface area contributed by atoms with Crippen molar-refractivity contribution in [1.82, 2.24) is 4.90 Å². The van der Waals surface area contributed by atoms with E-state index < -0.39 is 11.6 Å². The van der Waals surface area contributed by atoms with Crippen LogP contribution in [0.15, 0.2) is 42.5 Å². The number of nitrogens with zero attached hydrogens (tertiary/aromatic N) is 1. The molecule has 2 aromatic rings. The van der Waals surface area contributed by atoms with Crippen LogP contribution in [-0.4, -0.2) is 23.3 Å². The number of carbonyl (C=O) groups excluding carboxylic acids is 2. The maximum absolute atomic E-state index is 13.7. The minimum Gasteiger partial charge on any atom is -0.338 e. The lowest BCUT2D eigenvalue weighted by molar-refractivity contribution is -0.130. The zero-order valence-corrected chi connectivity index (χ0v) is 14.3. The van der Waals surface area contributed by atoms with Crippen LogP contribution in [0.4, 0.5) is 14.5 Å². The summed E-state index contributed by atoms with van der Waals surface area (Å²) in [5.41, 5.74) is 0.739. The lowest BCUT2D eigenvalue weighted by Gasteiger charge is -2.21. The van der Waals surface area contributed by atoms with Gasteiger partial charge in [0, 0.05) is 37.7 Å². The van der Waals surface area contributed by atoms with Crippen molar-refractivity contribution >= 4 is 29.1 Å². The summed E-state index contributed by atoms with van der Waals surface area (Å²) in [5.74, 6) is -1.60. The van der Waals surface area contributed by atoms with Crippen LogP contribution in [0.5, 0.6) is 0 Å². The highest BCUT2D eigenvalue weighted by Crippen LogP contribution is 2.19. The van der Waals surface area contributed by atoms with Crippen LogP contribution in [0.1, 0.15) is 18.9 Å². The number of rotatable bonds is 6. The standard InChI is InChI=1S/C18H17ClF2N2O2/c1-12(24)23(11-13-4-2-3-5-16(13)20)9-8-18(25)22-14-6-7-17(21)15(19)10-14/h2-7,10H,8-9,11H2,1H3,(H,22,25). The zero-order chi connectivity index (χ0) is 18.4. The predicted molar refractivity (Wildman–Crippen MR) is 92.1 cm³/mol. The van der Waals surface area contributed by atoms with Gasteiger partial charge >= 0.3 is 0 Å². The van der Waals surface area contributed by atoms with Crippen molar-refractivity contribution in [1.29, 1.82) is 0 Å². The molecule has 0 radical (unpaired) electrons. The lowest BCUT2D eigenvalue weighted by Crippen LogP contribution is -2.31. The highest BCUT2D eigenvalue weighted by Gasteiger charge is 2.14. The van der Waals surface area contributed by atoms with E-state index in [9.17, 15) is 18.4 Å². The molecule has 0 spiro atoms. The van der Waals surface area contributed by atoms with Gasteiger partial charge in [0.1, 0.15) is 11.6 Å². The third-order valence-corrected chi connectivity index (χ3v) is 3.87. The molecule has 0 aliphatic heterocycles. The third kappa shape index (κ3) is 5.53. The fraction of sp³-hybridized carbons (Fsp3) is 0.222. The molecule has 2 amide bonds. The highest BCUT2D eigenvalue weighted by atomic mass is 35.5. The van der Waals surface area contributed by atoms with Gasteiger partial charge in [-0.2, -0.15) is 0 Å². The topological polar surface area (TPSA) is 49.4 Å². The Morgan fingerprint density at radius 2 is 1.84 bits per heavy atom. The van der Waals surface area contributed by atoms with Crippen LogP contribution < -0.4 is 5.32 Å². The SMILES string of the molecule is CC(=O)N(CCC(=O)Nc1ccc(F)c(Cl)c1)Cc1ccccc1F. The first-order chi connectivity index (χ1) is 11.9. The van der Waals surface area contributed by atoms with Crippen molar-refractivity contribution in [2.24, 2.45) is 0 Å². The van der Waals surface area contributed by atoms with Crippen molar-refractivity contribution in [2.45, 2.75) is 19.9 Å². The van der Waals surface area contributed by atoms with Gasteiger partial charge in [0.05, 0.1) is 5.02 Å². The molecule has 2 aromatic carbocycles. The molecular weight excluding hydrogens is 350 g/mol. The molecule has 0 aliphatic carbocycles. The monoisotopic (exact) mass is 366 g/mol. The summed E-state index contributed by atoms with van der Waals surface area (Å²) in [5, 5.41) is 2.48. The Bertz CT molecular complexity index is 783. The van der Waals surface area contributed by atoms with Crippen molar-refractivity contribution in [3.63, 3.8) is 0 Å². The van der Waals surface area contributed by atoms with Crippen LogP contribution >= 0.6 is 11.6 Å². The second kappa shape index (κ2) is 8.58. The maximum atomic E-state index is 13.7. The summed E-state index contributed by atoms with van der Waals surface area (Å²) in [6, 6.07) is 10.0. The van der Waals surface area contributed by atoms with E-state index in [0.29, 0.717) is 11.3 Å². The minimum atomic E-state index is -0.577. The van der Waals surface area contributed by atoms with E-state index in [2.05, 4.69) is 5.32 Å². The number of nitrogens with one attached hydrogen (secondary N) is 1. The van der Waals surface area contributed by atoms with Crippen LogP contribution in [0.25, 0.3) is 0 Å². The molecule has 0 saturated heterocycles. The minimum absolute atomic E-state index is 0.0169. The molecule has 0 saturated carbocycles. The molecule has 2 rings (SSSR count). The largest absolute Gasteiger partial charge is 0.338 e. The first kappa shape index (κ1) is 18.9. The molecule has 0 atom stereocenters. The van der Waals surface area contributed by atoms with Gasteiger partial charge in [0.15, 0.2) is 0 Å². The van der Waals surface area contributed by atoms with Crippen LogP contribution in [0.2, 0.25) is 5.02 Å². The van der Waals surface area contributed by atoms with Gasteiger partial charge in [0.25, 0.3) is 0 Å². The molecule has 25 heavy (non-hydrogen) atoms. The predicted octanol–water partition coefficient (Wildman–Crippen LogP) is 4.00. The van der Waals surface area contributed by atoms with Crippen LogP contribution in [-0.2, 0) is 16.1 Å². The Labute approximate surface area is 149 Å². The van der Waals surface area contributed by atoms with E-state index in [4.69, 9.17) is 11.6 Å². The molecule has 4 nitrogen and oxygen atoms in total. The summed E-state index contributed by atoms with van der Waals surface area (Å²) in [7, 11) is 0. The van der Waals surface area contributed by atoms with Gasteiger partial charge in [-0.25, -0.2) is 8.78 Å². The van der Waals surface area contributed by atoms with Gasteiger partial charge in [-0.15, -0.1) is 0 Å². The molecule has 0 fully saturated rings. The van der Waals surface area contributed by atoms with E-state index in [1.165, 1.54) is 30.0 Å². The quantitative estimate of drug-likeness (QED) is 0.840. The van der Waals surface area contributed by atoms with E-state index in [1.807, 2.05) is 0 Å². The van der Waals surface area contributed by atoms with E-state index in [-0.39, 0.29) is 36.3 Å². The summed E-state index contributed by atoms with van der Waals surface area (Å²) in [6.45, 7) is 1.57. The van der Waals surface area contributed by atoms with Crippen molar-refractivity contribution in [2.75, 3.05) is 11.9 Å². The van der Waals surface area contributed by atoms with Gasteiger partial charge < -0.3 is 10.2 Å². The van der Waals surface area contributed by atoms with Gasteiger partial charge in [-0.05, 0) is 24.3 Å². The highest BCUT2D eigenvalue weighted by molar-refractivity contribution is 6.31. The van der Waals surface area contributed by atoms with Crippen molar-refractivity contribution < 1.29 is 18.4 Å². The first-order valence-electron chi connectivity index (χ1n) is 7.60. The summed E-state index contributed by atoms with van der Waals surface area (Å²) in [4.78, 5) is 25.1. The van der Waals surface area contributed by atoms with E-state index in [0.717, 1.165) is 6.07 Å². The number of amides is 2. The fourth-order valence-electron chi connectivity index (χ4n) is 2.21. The zero-order valence-electron chi connectivity index (χ0n) is 13.6. The molecule has 7 heteroatoms. The number of hydrogen-bond donors (Lipinski definition) is 1. The van der Waals surface area contributed by atoms with Gasteiger partial charge in [-0.1, -0.05) is 29.8 Å². The van der Waals surface area contributed by atoms with Crippen LogP contribution in [0, 0.1) is 11.6 Å². The molecule has 0 heterocycles. The Balaban J connectivity index is 1.94. The Hall–Kier alpha value is -2.47. The smallest absolute Gasteiger partial charge is 0.226 e. The molecular formula is C18H17ClF2N2O2. The summed E-state index contributed by atoms with van der Waals surface area (Å²) < 4.78 is 26.8. The number of halogens is 3. The molecule has 0 aromatic heterocycles. The third-order valence-electron chi connectivity index (χ3n) is 3.58. The first-order valence-corrected chi connectivity index (χ1v) is 7.98. The fourth-order valence-corrected chi connectivity index (χ4v) is 2.39. The Kier molecular flexibility index (Phi) is 6.47. The maximum Gasteiger partial charge on any atom is 0.226 e. The van der Waals surface area contributed by atoms with Crippen LogP contribution in [0.3, 0.4) is 0 Å². The van der Waals surface area contributed by atoms with E-state index in [1.54, 1.807) is 18.2 Å². The molecule has 0 unspecified atom stereocenters.